The zero-order valence-electron chi connectivity index (χ0n) is 11.7. The van der Waals surface area contributed by atoms with Crippen LogP contribution in [0.2, 0.25) is 0 Å². The van der Waals surface area contributed by atoms with E-state index in [4.69, 9.17) is 5.11 Å². The van der Waals surface area contributed by atoms with E-state index in [0.29, 0.717) is 37.8 Å². The largest absolute Gasteiger partial charge is 0.481 e. The van der Waals surface area contributed by atoms with Crippen LogP contribution in [-0.4, -0.2) is 35.0 Å². The zero-order chi connectivity index (χ0) is 15.0. The number of carboxylic acid groups (broad SMARTS) is 1. The first-order valence-corrected chi connectivity index (χ1v) is 7.32. The van der Waals surface area contributed by atoms with Gasteiger partial charge in [0.1, 0.15) is 5.82 Å². The van der Waals surface area contributed by atoms with Crippen LogP contribution in [0.3, 0.4) is 0 Å². The second-order valence-electron chi connectivity index (χ2n) is 5.99. The Hall–Kier alpha value is -1.91. The summed E-state index contributed by atoms with van der Waals surface area (Å²) in [5.74, 6) is -1.82. The van der Waals surface area contributed by atoms with Crippen molar-refractivity contribution in [3.63, 3.8) is 0 Å². The fourth-order valence-electron chi connectivity index (χ4n) is 3.24. The smallest absolute Gasteiger partial charge is 0.308 e. The maximum atomic E-state index is 14.0. The maximum Gasteiger partial charge on any atom is 0.308 e. The first-order chi connectivity index (χ1) is 10.0. The summed E-state index contributed by atoms with van der Waals surface area (Å²) >= 11 is 0. The molecule has 1 aliphatic heterocycles. The third kappa shape index (κ3) is 2.41. The number of halogens is 1. The molecule has 21 heavy (non-hydrogen) atoms. The van der Waals surface area contributed by atoms with Crippen LogP contribution in [0.1, 0.15) is 31.2 Å². The van der Waals surface area contributed by atoms with Gasteiger partial charge in [-0.1, -0.05) is 18.2 Å². The fourth-order valence-corrected chi connectivity index (χ4v) is 3.24. The molecule has 4 nitrogen and oxygen atoms in total. The molecule has 1 aromatic rings. The molecule has 2 aliphatic rings. The van der Waals surface area contributed by atoms with Gasteiger partial charge in [-0.3, -0.25) is 9.59 Å². The number of benzene rings is 1. The van der Waals surface area contributed by atoms with Crippen molar-refractivity contribution in [3.05, 3.63) is 35.6 Å². The van der Waals surface area contributed by atoms with Crippen molar-refractivity contribution in [1.82, 2.24) is 4.90 Å². The highest BCUT2D eigenvalue weighted by Gasteiger charge is 2.54. The van der Waals surface area contributed by atoms with Crippen LogP contribution in [0.4, 0.5) is 4.39 Å². The molecule has 2 fully saturated rings. The number of hydrogen-bond acceptors (Lipinski definition) is 2. The van der Waals surface area contributed by atoms with Crippen molar-refractivity contribution < 1.29 is 19.1 Å². The molecule has 3 rings (SSSR count). The summed E-state index contributed by atoms with van der Waals surface area (Å²) in [4.78, 5) is 25.5. The Morgan fingerprint density at radius 3 is 2.62 bits per heavy atom. The van der Waals surface area contributed by atoms with Crippen molar-refractivity contribution in [2.24, 2.45) is 5.92 Å². The van der Waals surface area contributed by atoms with Crippen LogP contribution in [0, 0.1) is 11.7 Å². The molecule has 1 atom stereocenters. The van der Waals surface area contributed by atoms with E-state index in [1.807, 2.05) is 0 Å². The summed E-state index contributed by atoms with van der Waals surface area (Å²) in [6, 6.07) is 6.39. The lowest BCUT2D eigenvalue weighted by molar-refractivity contribution is -0.146. The van der Waals surface area contributed by atoms with Crippen molar-refractivity contribution in [1.29, 1.82) is 0 Å². The highest BCUT2D eigenvalue weighted by atomic mass is 19.1. The summed E-state index contributed by atoms with van der Waals surface area (Å²) < 4.78 is 14.0. The lowest BCUT2D eigenvalue weighted by Gasteiger charge is -2.33. The Bertz CT molecular complexity index is 583. The van der Waals surface area contributed by atoms with Crippen molar-refractivity contribution >= 4 is 11.9 Å². The van der Waals surface area contributed by atoms with Crippen LogP contribution >= 0.6 is 0 Å². The second kappa shape index (κ2) is 5.13. The van der Waals surface area contributed by atoms with Gasteiger partial charge >= 0.3 is 5.97 Å². The summed E-state index contributed by atoms with van der Waals surface area (Å²) in [5, 5.41) is 9.12. The molecule has 1 aromatic carbocycles. The van der Waals surface area contributed by atoms with E-state index in [1.165, 1.54) is 6.07 Å². The summed E-state index contributed by atoms with van der Waals surface area (Å²) in [5.41, 5.74) is -0.307. The Morgan fingerprint density at radius 2 is 2.00 bits per heavy atom. The van der Waals surface area contributed by atoms with E-state index in [0.717, 1.165) is 0 Å². The number of carbonyl (C=O) groups excluding carboxylic acids is 1. The van der Waals surface area contributed by atoms with Crippen molar-refractivity contribution in [3.8, 4) is 0 Å². The Labute approximate surface area is 122 Å². The third-order valence-corrected chi connectivity index (χ3v) is 4.61. The number of hydrogen-bond donors (Lipinski definition) is 1. The van der Waals surface area contributed by atoms with Crippen molar-refractivity contribution in [2.75, 3.05) is 13.1 Å². The number of rotatable bonds is 3. The Morgan fingerprint density at radius 1 is 1.29 bits per heavy atom. The molecule has 1 saturated carbocycles. The molecule has 112 valence electrons. The zero-order valence-corrected chi connectivity index (χ0v) is 11.7. The van der Waals surface area contributed by atoms with Crippen LogP contribution in [0.5, 0.6) is 0 Å². The van der Waals surface area contributed by atoms with E-state index in [9.17, 15) is 14.0 Å². The molecule has 0 unspecified atom stereocenters. The molecule has 5 heteroatoms. The molecular weight excluding hydrogens is 273 g/mol. The number of aliphatic carboxylic acids is 1. The molecule has 0 bridgehead atoms. The predicted octanol–water partition coefficient (Wildman–Crippen LogP) is 2.18. The van der Waals surface area contributed by atoms with Gasteiger partial charge in [0.2, 0.25) is 5.91 Å². The monoisotopic (exact) mass is 291 g/mol. The van der Waals surface area contributed by atoms with Gasteiger partial charge in [-0.05, 0) is 31.7 Å². The SMILES string of the molecule is O=C(O)[C@H]1CCCN(C(=O)C2(c3ccccc3F)CC2)C1. The molecule has 0 radical (unpaired) electrons. The number of carbonyl (C=O) groups is 2. The minimum Gasteiger partial charge on any atom is -0.481 e. The number of piperidine rings is 1. The molecule has 0 aromatic heterocycles. The highest BCUT2D eigenvalue weighted by molar-refractivity contribution is 5.91. The predicted molar refractivity (Wildman–Crippen MR) is 74.3 cm³/mol. The number of amides is 1. The number of likely N-dealkylation sites (tertiary alicyclic amines) is 1. The third-order valence-electron chi connectivity index (χ3n) is 4.61. The Balaban J connectivity index is 1.82. The van der Waals surface area contributed by atoms with Gasteiger partial charge in [-0.25, -0.2) is 4.39 Å². The minimum atomic E-state index is -0.858. The minimum absolute atomic E-state index is 0.112. The van der Waals surface area contributed by atoms with Gasteiger partial charge < -0.3 is 10.0 Å². The van der Waals surface area contributed by atoms with E-state index in [1.54, 1.807) is 23.1 Å². The van der Waals surface area contributed by atoms with Gasteiger partial charge in [0.25, 0.3) is 0 Å². The van der Waals surface area contributed by atoms with Crippen LogP contribution in [0.25, 0.3) is 0 Å². The average Bonchev–Trinajstić information content (AvgIpc) is 3.28. The molecular formula is C16H18FNO3. The standard InChI is InChI=1S/C16H18FNO3/c17-13-6-2-1-5-12(13)16(7-8-16)15(21)18-9-3-4-11(10-18)14(19)20/h1-2,5-6,11H,3-4,7-10H2,(H,19,20)/t11-/m0/s1. The van der Waals surface area contributed by atoms with Gasteiger partial charge in [0.05, 0.1) is 11.3 Å². The first kappa shape index (κ1) is 14.0. The molecule has 1 N–H and O–H groups in total. The summed E-state index contributed by atoms with van der Waals surface area (Å²) in [7, 11) is 0. The van der Waals surface area contributed by atoms with Crippen LogP contribution < -0.4 is 0 Å². The lowest BCUT2D eigenvalue weighted by atomic mass is 9.91. The number of nitrogens with zero attached hydrogens (tertiary/aromatic N) is 1. The maximum absolute atomic E-state index is 14.0. The van der Waals surface area contributed by atoms with Gasteiger partial charge in [-0.15, -0.1) is 0 Å². The van der Waals surface area contributed by atoms with E-state index in [-0.39, 0.29) is 18.3 Å². The molecule has 1 amide bonds. The topological polar surface area (TPSA) is 57.6 Å². The lowest BCUT2D eigenvalue weighted by Crippen LogP contribution is -2.46. The van der Waals surface area contributed by atoms with Crippen LogP contribution in [0.15, 0.2) is 24.3 Å². The second-order valence-corrected chi connectivity index (χ2v) is 5.99. The van der Waals surface area contributed by atoms with Gasteiger partial charge in [-0.2, -0.15) is 0 Å². The molecule has 1 saturated heterocycles. The van der Waals surface area contributed by atoms with E-state index < -0.39 is 17.3 Å². The summed E-state index contributed by atoms with van der Waals surface area (Å²) in [6.07, 6.45) is 2.57. The van der Waals surface area contributed by atoms with Gasteiger partial charge in [0, 0.05) is 18.7 Å². The highest BCUT2D eigenvalue weighted by Crippen LogP contribution is 2.50. The van der Waals surface area contributed by atoms with Crippen molar-refractivity contribution in [2.45, 2.75) is 31.1 Å². The van der Waals surface area contributed by atoms with E-state index >= 15 is 0 Å². The van der Waals surface area contributed by atoms with Gasteiger partial charge in [0.15, 0.2) is 0 Å². The van der Waals surface area contributed by atoms with E-state index in [2.05, 4.69) is 0 Å². The van der Waals surface area contributed by atoms with Crippen LogP contribution in [-0.2, 0) is 15.0 Å². The average molecular weight is 291 g/mol. The molecule has 0 spiro atoms. The quantitative estimate of drug-likeness (QED) is 0.928. The normalized spacial score (nSPS) is 23.7. The Kier molecular flexibility index (Phi) is 3.43. The summed E-state index contributed by atoms with van der Waals surface area (Å²) in [6.45, 7) is 0.809. The molecule has 1 heterocycles. The molecule has 1 aliphatic carbocycles. The first-order valence-electron chi connectivity index (χ1n) is 7.32. The fraction of sp³-hybridized carbons (Fsp3) is 0.500. The number of carboxylic acids is 1.